The van der Waals surface area contributed by atoms with Crippen LogP contribution in [0.2, 0.25) is 0 Å². The van der Waals surface area contributed by atoms with Crippen LogP contribution in [-0.4, -0.2) is 29.9 Å². The van der Waals surface area contributed by atoms with Crippen molar-refractivity contribution < 1.29 is 0 Å². The summed E-state index contributed by atoms with van der Waals surface area (Å²) in [6.45, 7) is 0. The quantitative estimate of drug-likeness (QED) is 0.156. The minimum Gasteiger partial charge on any atom is -0.208 e. The molecule has 2 unspecified atom stereocenters. The number of hydrogen-bond acceptors (Lipinski definition) is 6. The van der Waals surface area contributed by atoms with Crippen molar-refractivity contribution in [3.63, 3.8) is 0 Å². The Balaban J connectivity index is 1.02. The van der Waals surface area contributed by atoms with E-state index in [4.69, 9.17) is 29.9 Å². The fourth-order valence-corrected chi connectivity index (χ4v) is 9.51. The molecule has 6 aromatic carbocycles. The van der Waals surface area contributed by atoms with Crippen LogP contribution < -0.4 is 0 Å². The third-order valence-corrected chi connectivity index (χ3v) is 12.2. The average molecular weight is 709 g/mol. The van der Waals surface area contributed by atoms with Crippen LogP contribution in [0.15, 0.2) is 164 Å². The molecule has 0 bridgehead atoms. The maximum absolute atomic E-state index is 5.14. The van der Waals surface area contributed by atoms with Gasteiger partial charge < -0.3 is 0 Å². The molecule has 3 fully saturated rings. The Kier molecular flexibility index (Phi) is 7.37. The molecule has 11 rings (SSSR count). The molecule has 0 spiro atoms. The van der Waals surface area contributed by atoms with E-state index >= 15 is 0 Å². The minimum atomic E-state index is 0.412. The molecule has 6 heteroatoms. The molecule has 0 saturated heterocycles. The van der Waals surface area contributed by atoms with Crippen molar-refractivity contribution in [1.82, 2.24) is 29.9 Å². The molecule has 2 aromatic heterocycles. The Labute approximate surface area is 320 Å². The molecule has 0 amide bonds. The lowest BCUT2D eigenvalue weighted by Crippen LogP contribution is -2.71. The van der Waals surface area contributed by atoms with Gasteiger partial charge in [-0.2, -0.15) is 0 Å². The van der Waals surface area contributed by atoms with Crippen LogP contribution in [0.3, 0.4) is 0 Å². The van der Waals surface area contributed by atoms with Crippen LogP contribution in [0.25, 0.3) is 79.5 Å². The molecule has 0 aliphatic heterocycles. The monoisotopic (exact) mass is 708 g/mol. The number of nitrogens with zero attached hydrogens (tertiary/aromatic N) is 6. The lowest BCUT2D eigenvalue weighted by Gasteiger charge is -2.76. The van der Waals surface area contributed by atoms with E-state index in [0.29, 0.717) is 40.4 Å². The molecule has 3 saturated carbocycles. The summed E-state index contributed by atoms with van der Waals surface area (Å²) in [4.78, 5) is 30.3. The van der Waals surface area contributed by atoms with Gasteiger partial charge in [0.1, 0.15) is 0 Å². The molecule has 55 heavy (non-hydrogen) atoms. The number of benzene rings is 6. The number of rotatable bonds is 8. The molecule has 2 atom stereocenters. The Hall–Kier alpha value is -6.66. The Morgan fingerprint density at radius 3 is 1.09 bits per heavy atom. The van der Waals surface area contributed by atoms with Crippen LogP contribution in [0.1, 0.15) is 24.8 Å². The summed E-state index contributed by atoms with van der Waals surface area (Å²) in [5, 5.41) is 0. The van der Waals surface area contributed by atoms with Gasteiger partial charge in [0, 0.05) is 33.4 Å². The minimum absolute atomic E-state index is 0.412. The van der Waals surface area contributed by atoms with E-state index in [-0.39, 0.29) is 0 Å². The van der Waals surface area contributed by atoms with E-state index < -0.39 is 0 Å². The zero-order valence-corrected chi connectivity index (χ0v) is 30.1. The van der Waals surface area contributed by atoms with Gasteiger partial charge in [-0.15, -0.1) is 0 Å². The van der Waals surface area contributed by atoms with Crippen molar-refractivity contribution in [3.05, 3.63) is 169 Å². The summed E-state index contributed by atoms with van der Waals surface area (Å²) < 4.78 is 0. The van der Waals surface area contributed by atoms with Gasteiger partial charge in [0.05, 0.1) is 0 Å². The molecular weight excluding hydrogens is 673 g/mol. The predicted molar refractivity (Wildman–Crippen MR) is 217 cm³/mol. The second-order valence-corrected chi connectivity index (χ2v) is 15.3. The molecular formula is C49H36N6. The lowest BCUT2D eigenvalue weighted by molar-refractivity contribution is -0.219. The molecule has 3 aliphatic rings. The first kappa shape index (κ1) is 31.8. The summed E-state index contributed by atoms with van der Waals surface area (Å²) in [5.41, 5.74) is 9.62. The third-order valence-electron chi connectivity index (χ3n) is 12.2. The van der Waals surface area contributed by atoms with E-state index in [1.54, 1.807) is 0 Å². The van der Waals surface area contributed by atoms with Gasteiger partial charge in [0.25, 0.3) is 0 Å². The molecule has 0 radical (unpaired) electrons. The van der Waals surface area contributed by atoms with Crippen LogP contribution in [0, 0.1) is 17.8 Å². The highest BCUT2D eigenvalue weighted by molar-refractivity contribution is 5.74. The zero-order valence-electron chi connectivity index (χ0n) is 30.1. The van der Waals surface area contributed by atoms with Gasteiger partial charge in [0.2, 0.25) is 0 Å². The summed E-state index contributed by atoms with van der Waals surface area (Å²) in [6, 6.07) is 56.2. The maximum Gasteiger partial charge on any atom is 0.164 e. The topological polar surface area (TPSA) is 77.3 Å². The Morgan fingerprint density at radius 2 is 0.673 bits per heavy atom. The van der Waals surface area contributed by atoms with Crippen LogP contribution >= 0.6 is 0 Å². The molecule has 262 valence electrons. The molecule has 0 N–H and O–H groups in total. The standard InChI is InChI=1S/C49H36N6/c1-4-12-31(13-5-1)35-18-10-19-36(26-35)46-53-45(34-22-24-41(25-23-34)49-29-39-28-40(30-49)42(39)49)54-48(55-46)38-21-11-20-37(27-38)47-51-43(32-14-6-2-7-15-32)50-44(52-47)33-16-8-3-9-17-33/h1-27,39-40,42H,28-30H2. The van der Waals surface area contributed by atoms with Gasteiger partial charge in [0.15, 0.2) is 34.9 Å². The van der Waals surface area contributed by atoms with E-state index in [1.807, 2.05) is 84.9 Å². The van der Waals surface area contributed by atoms with Crippen molar-refractivity contribution >= 4 is 0 Å². The highest BCUT2D eigenvalue weighted by atomic mass is 15.0. The normalized spacial score (nSPS) is 20.4. The van der Waals surface area contributed by atoms with Gasteiger partial charge in [-0.05, 0) is 71.3 Å². The first-order valence-corrected chi connectivity index (χ1v) is 19.2. The van der Waals surface area contributed by atoms with E-state index in [0.717, 1.165) is 62.3 Å². The van der Waals surface area contributed by atoms with Gasteiger partial charge >= 0.3 is 0 Å². The van der Waals surface area contributed by atoms with E-state index in [9.17, 15) is 0 Å². The van der Waals surface area contributed by atoms with Gasteiger partial charge in [-0.3, -0.25) is 0 Å². The van der Waals surface area contributed by atoms with Gasteiger partial charge in [-0.1, -0.05) is 152 Å². The SMILES string of the molecule is c1ccc(-c2cccc(-c3nc(-c4ccc(C56CC7CC(C5)C76)cc4)nc(-c4cccc(-c5nc(-c6ccccc6)nc(-c6ccccc6)n5)c4)n3)c2)cc1. The van der Waals surface area contributed by atoms with Crippen molar-refractivity contribution in [2.45, 2.75) is 24.7 Å². The Morgan fingerprint density at radius 1 is 0.327 bits per heavy atom. The van der Waals surface area contributed by atoms with Crippen molar-refractivity contribution in [3.8, 4) is 79.5 Å². The lowest BCUT2D eigenvalue weighted by atomic mass is 9.28. The second kappa shape index (κ2) is 12.7. The number of aromatic nitrogens is 6. The van der Waals surface area contributed by atoms with E-state index in [2.05, 4.69) is 78.9 Å². The van der Waals surface area contributed by atoms with Crippen LogP contribution in [0.5, 0.6) is 0 Å². The second-order valence-electron chi connectivity index (χ2n) is 15.3. The van der Waals surface area contributed by atoms with Crippen LogP contribution in [-0.2, 0) is 5.41 Å². The largest absolute Gasteiger partial charge is 0.208 e. The molecule has 2 heterocycles. The summed E-state index contributed by atoms with van der Waals surface area (Å²) in [7, 11) is 0. The fraction of sp³-hybridized carbons (Fsp3) is 0.143. The highest BCUT2D eigenvalue weighted by Crippen LogP contribution is 2.77. The Bertz CT molecular complexity index is 2630. The van der Waals surface area contributed by atoms with Crippen molar-refractivity contribution in [2.75, 3.05) is 0 Å². The summed E-state index contributed by atoms with van der Waals surface area (Å²) in [6.07, 6.45) is 4.15. The van der Waals surface area contributed by atoms with Crippen molar-refractivity contribution in [1.29, 1.82) is 0 Å². The molecule has 8 aromatic rings. The fourth-order valence-electron chi connectivity index (χ4n) is 9.51. The van der Waals surface area contributed by atoms with Crippen molar-refractivity contribution in [2.24, 2.45) is 17.8 Å². The first-order valence-electron chi connectivity index (χ1n) is 19.2. The smallest absolute Gasteiger partial charge is 0.164 e. The summed E-state index contributed by atoms with van der Waals surface area (Å²) >= 11 is 0. The third kappa shape index (κ3) is 5.47. The predicted octanol–water partition coefficient (Wildman–Crippen LogP) is 11.0. The van der Waals surface area contributed by atoms with E-state index in [1.165, 1.54) is 24.8 Å². The van der Waals surface area contributed by atoms with Crippen LogP contribution in [0.4, 0.5) is 0 Å². The maximum atomic E-state index is 5.14. The first-order chi connectivity index (χ1) is 27.2. The average Bonchev–Trinajstić information content (AvgIpc) is 3.27. The highest BCUT2D eigenvalue weighted by Gasteiger charge is 2.71. The summed E-state index contributed by atoms with van der Waals surface area (Å²) in [5.74, 6) is 6.52. The molecule has 6 nitrogen and oxygen atoms in total. The van der Waals surface area contributed by atoms with Gasteiger partial charge in [-0.25, -0.2) is 29.9 Å². The zero-order chi connectivity index (χ0) is 36.3. The molecule has 3 aliphatic carbocycles. The number of hydrogen-bond donors (Lipinski definition) is 0.